The molecule has 2 atom stereocenters. The zero-order chi connectivity index (χ0) is 21.0. The van der Waals surface area contributed by atoms with Crippen LogP contribution in [0.25, 0.3) is 0 Å². The van der Waals surface area contributed by atoms with Crippen molar-refractivity contribution < 1.29 is 22.7 Å². The van der Waals surface area contributed by atoms with E-state index in [-0.39, 0.29) is 29.6 Å². The average molecular weight is 483 g/mol. The van der Waals surface area contributed by atoms with Gasteiger partial charge < -0.3 is 14.8 Å². The Balaban J connectivity index is 1.59. The van der Waals surface area contributed by atoms with Crippen LogP contribution in [0, 0.1) is 0 Å². The second kappa shape index (κ2) is 9.25. The number of nitrogens with one attached hydrogen (secondary N) is 1. The second-order valence-corrected chi connectivity index (χ2v) is 9.75. The van der Waals surface area contributed by atoms with Gasteiger partial charge in [-0.25, -0.2) is 8.42 Å². The van der Waals surface area contributed by atoms with Gasteiger partial charge in [0.05, 0.1) is 17.1 Å². The maximum Gasteiger partial charge on any atom is 0.262 e. The van der Waals surface area contributed by atoms with Crippen molar-refractivity contribution >= 4 is 37.5 Å². The SMILES string of the molecule is C[C@@H]1CN(S(=O)(=O)c2ccc(NC(=O)COc3ccc(Br)cc3)cc2)C[C@@H](C)O1. The molecular weight excluding hydrogens is 460 g/mol. The lowest BCUT2D eigenvalue weighted by Gasteiger charge is -2.34. The van der Waals surface area contributed by atoms with E-state index in [1.807, 2.05) is 26.0 Å². The van der Waals surface area contributed by atoms with Crippen LogP contribution in [-0.4, -0.2) is 50.5 Å². The summed E-state index contributed by atoms with van der Waals surface area (Å²) in [5, 5.41) is 2.69. The molecule has 0 aliphatic carbocycles. The van der Waals surface area contributed by atoms with Gasteiger partial charge in [0.1, 0.15) is 5.75 Å². The van der Waals surface area contributed by atoms with E-state index in [9.17, 15) is 13.2 Å². The van der Waals surface area contributed by atoms with Crippen molar-refractivity contribution in [3.63, 3.8) is 0 Å². The molecule has 1 aliphatic rings. The Morgan fingerprint density at radius 1 is 1.10 bits per heavy atom. The Morgan fingerprint density at radius 2 is 1.69 bits per heavy atom. The molecule has 2 aromatic carbocycles. The number of benzene rings is 2. The van der Waals surface area contributed by atoms with Crippen LogP contribution in [0.1, 0.15) is 13.8 Å². The van der Waals surface area contributed by atoms with Gasteiger partial charge in [-0.15, -0.1) is 0 Å². The number of morpholine rings is 1. The van der Waals surface area contributed by atoms with Crippen molar-refractivity contribution in [2.24, 2.45) is 0 Å². The largest absolute Gasteiger partial charge is 0.484 e. The number of carbonyl (C=O) groups is 1. The molecule has 0 spiro atoms. The minimum absolute atomic E-state index is 0.148. The second-order valence-electron chi connectivity index (χ2n) is 6.89. The molecule has 9 heteroatoms. The van der Waals surface area contributed by atoms with Crippen molar-refractivity contribution in [2.75, 3.05) is 25.0 Å². The molecule has 0 unspecified atom stereocenters. The number of sulfonamides is 1. The van der Waals surface area contributed by atoms with Gasteiger partial charge in [0.15, 0.2) is 6.61 Å². The van der Waals surface area contributed by atoms with Gasteiger partial charge in [-0.3, -0.25) is 4.79 Å². The quantitative estimate of drug-likeness (QED) is 0.682. The van der Waals surface area contributed by atoms with Gasteiger partial charge in [-0.1, -0.05) is 15.9 Å². The van der Waals surface area contributed by atoms with Crippen molar-refractivity contribution in [3.05, 3.63) is 53.0 Å². The predicted molar refractivity (Wildman–Crippen MR) is 113 cm³/mol. The number of nitrogens with zero attached hydrogens (tertiary/aromatic N) is 1. The summed E-state index contributed by atoms with van der Waals surface area (Å²) in [7, 11) is -3.61. The van der Waals surface area contributed by atoms with E-state index in [1.54, 1.807) is 24.3 Å². The van der Waals surface area contributed by atoms with Gasteiger partial charge in [-0.2, -0.15) is 4.31 Å². The number of ether oxygens (including phenoxy) is 2. The number of carbonyl (C=O) groups excluding carboxylic acids is 1. The first-order chi connectivity index (χ1) is 13.7. The standard InChI is InChI=1S/C20H23BrN2O5S/c1-14-11-23(12-15(2)28-14)29(25,26)19-9-5-17(6-10-19)22-20(24)13-27-18-7-3-16(21)4-8-18/h3-10,14-15H,11-13H2,1-2H3,(H,22,24)/t14-,15-/m1/s1. The fourth-order valence-electron chi connectivity index (χ4n) is 3.06. The summed E-state index contributed by atoms with van der Waals surface area (Å²) < 4.78 is 39.1. The zero-order valence-corrected chi connectivity index (χ0v) is 18.6. The van der Waals surface area contributed by atoms with Crippen molar-refractivity contribution in [3.8, 4) is 5.75 Å². The smallest absolute Gasteiger partial charge is 0.262 e. The van der Waals surface area contributed by atoms with Gasteiger partial charge in [0.2, 0.25) is 10.0 Å². The Hall–Kier alpha value is -1.94. The molecule has 1 fully saturated rings. The molecule has 7 nitrogen and oxygen atoms in total. The first-order valence-electron chi connectivity index (χ1n) is 9.18. The molecule has 0 radical (unpaired) electrons. The molecule has 29 heavy (non-hydrogen) atoms. The summed E-state index contributed by atoms with van der Waals surface area (Å²) in [5.41, 5.74) is 0.497. The van der Waals surface area contributed by atoms with E-state index in [1.165, 1.54) is 16.4 Å². The van der Waals surface area contributed by atoms with E-state index in [0.29, 0.717) is 24.5 Å². The minimum Gasteiger partial charge on any atom is -0.484 e. The van der Waals surface area contributed by atoms with Crippen LogP contribution in [0.4, 0.5) is 5.69 Å². The highest BCUT2D eigenvalue weighted by atomic mass is 79.9. The van der Waals surface area contributed by atoms with Crippen LogP contribution in [-0.2, 0) is 19.6 Å². The van der Waals surface area contributed by atoms with Gasteiger partial charge in [0.25, 0.3) is 5.91 Å². The summed E-state index contributed by atoms with van der Waals surface area (Å²) >= 11 is 3.33. The molecule has 0 saturated carbocycles. The molecular formula is C20H23BrN2O5S. The number of halogens is 1. The first kappa shape index (κ1) is 21.8. The summed E-state index contributed by atoms with van der Waals surface area (Å²) in [6, 6.07) is 13.3. The third-order valence-corrected chi connectivity index (χ3v) is 6.72. The van der Waals surface area contributed by atoms with Gasteiger partial charge >= 0.3 is 0 Å². The predicted octanol–water partition coefficient (Wildman–Crippen LogP) is 3.26. The number of rotatable bonds is 6. The molecule has 3 rings (SSSR count). The van der Waals surface area contributed by atoms with Crippen LogP contribution < -0.4 is 10.1 Å². The lowest BCUT2D eigenvalue weighted by Crippen LogP contribution is -2.48. The molecule has 1 amide bonds. The molecule has 0 aromatic heterocycles. The summed E-state index contributed by atoms with van der Waals surface area (Å²) in [4.78, 5) is 12.3. The topological polar surface area (TPSA) is 84.9 Å². The summed E-state index contributed by atoms with van der Waals surface area (Å²) in [6.07, 6.45) is -0.310. The maximum atomic E-state index is 12.9. The molecule has 1 N–H and O–H groups in total. The van der Waals surface area contributed by atoms with E-state index in [4.69, 9.17) is 9.47 Å². The van der Waals surface area contributed by atoms with Crippen molar-refractivity contribution in [1.29, 1.82) is 0 Å². The Morgan fingerprint density at radius 3 is 2.28 bits per heavy atom. The number of hydrogen-bond donors (Lipinski definition) is 1. The minimum atomic E-state index is -3.61. The van der Waals surface area contributed by atoms with E-state index in [2.05, 4.69) is 21.2 Å². The first-order valence-corrected chi connectivity index (χ1v) is 11.4. The Kier molecular flexibility index (Phi) is 6.94. The number of amides is 1. The lowest BCUT2D eigenvalue weighted by atomic mass is 10.3. The van der Waals surface area contributed by atoms with Crippen molar-refractivity contribution in [2.45, 2.75) is 31.0 Å². The van der Waals surface area contributed by atoms with E-state index >= 15 is 0 Å². The number of anilines is 1. The van der Waals surface area contributed by atoms with Crippen LogP contribution in [0.2, 0.25) is 0 Å². The third-order valence-electron chi connectivity index (χ3n) is 4.35. The van der Waals surface area contributed by atoms with E-state index in [0.717, 1.165) is 4.47 Å². The van der Waals surface area contributed by atoms with Crippen LogP contribution >= 0.6 is 15.9 Å². The Labute approximate surface area is 179 Å². The fraction of sp³-hybridized carbons (Fsp3) is 0.350. The zero-order valence-electron chi connectivity index (χ0n) is 16.2. The third kappa shape index (κ3) is 5.79. The Bertz CT molecular complexity index is 938. The monoisotopic (exact) mass is 482 g/mol. The normalized spacial score (nSPS) is 20.2. The number of hydrogen-bond acceptors (Lipinski definition) is 5. The van der Waals surface area contributed by atoms with Gasteiger partial charge in [0, 0.05) is 23.2 Å². The highest BCUT2D eigenvalue weighted by Gasteiger charge is 2.32. The fourth-order valence-corrected chi connectivity index (χ4v) is 4.92. The molecule has 2 aromatic rings. The van der Waals surface area contributed by atoms with E-state index < -0.39 is 10.0 Å². The molecule has 0 bridgehead atoms. The van der Waals surface area contributed by atoms with Crippen LogP contribution in [0.3, 0.4) is 0 Å². The molecule has 1 heterocycles. The average Bonchev–Trinajstić information content (AvgIpc) is 2.67. The molecule has 156 valence electrons. The lowest BCUT2D eigenvalue weighted by molar-refractivity contribution is -0.118. The summed E-state index contributed by atoms with van der Waals surface area (Å²) in [5.74, 6) is 0.248. The summed E-state index contributed by atoms with van der Waals surface area (Å²) in [6.45, 7) is 4.20. The maximum absolute atomic E-state index is 12.9. The van der Waals surface area contributed by atoms with Crippen molar-refractivity contribution in [1.82, 2.24) is 4.31 Å². The van der Waals surface area contributed by atoms with Crippen LogP contribution in [0.5, 0.6) is 5.75 Å². The highest BCUT2D eigenvalue weighted by molar-refractivity contribution is 9.10. The molecule has 1 saturated heterocycles. The highest BCUT2D eigenvalue weighted by Crippen LogP contribution is 2.22. The van der Waals surface area contributed by atoms with Crippen LogP contribution in [0.15, 0.2) is 57.9 Å². The molecule has 1 aliphatic heterocycles. The van der Waals surface area contributed by atoms with Gasteiger partial charge in [-0.05, 0) is 62.4 Å².